The van der Waals surface area contributed by atoms with Crippen molar-refractivity contribution in [1.82, 2.24) is 0 Å². The minimum Gasteiger partial charge on any atom is -0.507 e. The maximum absolute atomic E-state index is 10.4. The van der Waals surface area contributed by atoms with Gasteiger partial charge in [-0.15, -0.1) is 0 Å². The molecule has 4 aromatic carbocycles. The van der Waals surface area contributed by atoms with Gasteiger partial charge in [0.05, 0.1) is 6.04 Å². The zero-order valence-corrected chi connectivity index (χ0v) is 17.7. The van der Waals surface area contributed by atoms with E-state index in [1.54, 1.807) is 0 Å². The van der Waals surface area contributed by atoms with Crippen molar-refractivity contribution in [2.24, 2.45) is 11.7 Å². The first-order chi connectivity index (χ1) is 15.6. The Bertz CT molecular complexity index is 1380. The molecular formula is C28H25N3O. The van der Waals surface area contributed by atoms with Crippen molar-refractivity contribution in [3.8, 4) is 5.75 Å². The minimum absolute atomic E-state index is 0.0973. The topological polar surface area (TPSA) is 82.1 Å². The second-order valence-electron chi connectivity index (χ2n) is 8.94. The van der Waals surface area contributed by atoms with E-state index < -0.39 is 0 Å². The number of phenolic OH excluding ortho intramolecular Hbond substituents is 1. The summed E-state index contributed by atoms with van der Waals surface area (Å²) in [5.74, 6) is 0.998. The number of hydrogen-bond acceptors (Lipinski definition) is 3. The van der Waals surface area contributed by atoms with Gasteiger partial charge in [-0.05, 0) is 70.7 Å². The number of fused-ring (bicyclic) bond motifs is 6. The highest BCUT2D eigenvalue weighted by Crippen LogP contribution is 2.53. The molecule has 3 atom stereocenters. The van der Waals surface area contributed by atoms with Crippen LogP contribution in [0.4, 0.5) is 5.69 Å². The summed E-state index contributed by atoms with van der Waals surface area (Å²) < 4.78 is 0. The van der Waals surface area contributed by atoms with Crippen LogP contribution in [0.3, 0.4) is 0 Å². The predicted octanol–water partition coefficient (Wildman–Crippen LogP) is 5.69. The summed E-state index contributed by atoms with van der Waals surface area (Å²) in [4.78, 5) is 0. The van der Waals surface area contributed by atoms with Crippen LogP contribution in [-0.4, -0.2) is 10.9 Å². The Kier molecular flexibility index (Phi) is 4.22. The Hall–Kier alpha value is -3.79. The van der Waals surface area contributed by atoms with Gasteiger partial charge in [-0.25, -0.2) is 0 Å². The average molecular weight is 420 g/mol. The normalized spacial score (nSPS) is 21.2. The largest absolute Gasteiger partial charge is 0.507 e. The van der Waals surface area contributed by atoms with Crippen LogP contribution in [0.2, 0.25) is 0 Å². The fourth-order valence-corrected chi connectivity index (χ4v) is 5.82. The van der Waals surface area contributed by atoms with Gasteiger partial charge in [0, 0.05) is 22.6 Å². The molecule has 0 amide bonds. The first kappa shape index (κ1) is 18.9. The quantitative estimate of drug-likeness (QED) is 0.249. The molecule has 1 heterocycles. The molecule has 0 bridgehead atoms. The molecule has 1 aliphatic heterocycles. The summed E-state index contributed by atoms with van der Waals surface area (Å²) in [5.41, 5.74) is 12.9. The number of benzene rings is 4. The third-order valence-corrected chi connectivity index (χ3v) is 7.27. The molecule has 0 radical (unpaired) electrons. The summed E-state index contributed by atoms with van der Waals surface area (Å²) in [6, 6.07) is 26.9. The highest BCUT2D eigenvalue weighted by atomic mass is 16.3. The Morgan fingerprint density at radius 1 is 0.875 bits per heavy atom. The van der Waals surface area contributed by atoms with Crippen molar-refractivity contribution in [3.05, 3.63) is 107 Å². The van der Waals surface area contributed by atoms with Crippen LogP contribution in [0, 0.1) is 11.3 Å². The number of amidine groups is 1. The second kappa shape index (κ2) is 7.13. The number of anilines is 1. The molecule has 32 heavy (non-hydrogen) atoms. The fourth-order valence-electron chi connectivity index (χ4n) is 5.82. The smallest absolute Gasteiger partial charge is 0.123 e. The van der Waals surface area contributed by atoms with E-state index in [0.717, 1.165) is 34.9 Å². The highest BCUT2D eigenvalue weighted by molar-refractivity contribution is 5.96. The maximum atomic E-state index is 10.4. The fraction of sp³-hybridized carbons (Fsp3) is 0.179. The molecule has 0 saturated carbocycles. The van der Waals surface area contributed by atoms with E-state index in [1.807, 2.05) is 30.3 Å². The van der Waals surface area contributed by atoms with E-state index in [0.29, 0.717) is 11.7 Å². The Morgan fingerprint density at radius 3 is 2.50 bits per heavy atom. The number of aryl methyl sites for hydroxylation is 1. The highest BCUT2D eigenvalue weighted by Gasteiger charge is 2.41. The lowest BCUT2D eigenvalue weighted by Gasteiger charge is -2.45. The molecule has 2 aliphatic rings. The molecule has 0 aromatic heterocycles. The number of nitrogen functional groups attached to an aromatic ring is 1. The van der Waals surface area contributed by atoms with Gasteiger partial charge in [0.25, 0.3) is 0 Å². The molecule has 3 unspecified atom stereocenters. The zero-order chi connectivity index (χ0) is 21.8. The minimum atomic E-state index is 0.0973. The number of hydrogen-bond donors (Lipinski definition) is 4. The molecule has 0 saturated heterocycles. The van der Waals surface area contributed by atoms with E-state index in [2.05, 4.69) is 53.8 Å². The monoisotopic (exact) mass is 419 g/mol. The zero-order valence-electron chi connectivity index (χ0n) is 17.7. The van der Waals surface area contributed by atoms with Gasteiger partial charge in [0.1, 0.15) is 11.6 Å². The first-order valence-electron chi connectivity index (χ1n) is 11.1. The number of rotatable bonds is 2. The van der Waals surface area contributed by atoms with Gasteiger partial charge in [-0.3, -0.25) is 5.41 Å². The van der Waals surface area contributed by atoms with Crippen LogP contribution < -0.4 is 11.1 Å². The molecule has 6 rings (SSSR count). The van der Waals surface area contributed by atoms with E-state index in [9.17, 15) is 5.11 Å². The molecule has 5 N–H and O–H groups in total. The number of aromatic hydroxyl groups is 1. The van der Waals surface area contributed by atoms with Crippen LogP contribution >= 0.6 is 0 Å². The summed E-state index contributed by atoms with van der Waals surface area (Å²) in [5, 5.41) is 24.2. The van der Waals surface area contributed by atoms with E-state index in [-0.39, 0.29) is 17.8 Å². The SMILES string of the molecule is N=C(N)c1ccc2c(c1)C1c3ccccc3CCC1C(c1ccc(O)c3ccccc13)N2. The van der Waals surface area contributed by atoms with Gasteiger partial charge >= 0.3 is 0 Å². The molecule has 4 aromatic rings. The summed E-state index contributed by atoms with van der Waals surface area (Å²) in [7, 11) is 0. The Labute approximate surface area is 187 Å². The molecule has 0 fully saturated rings. The van der Waals surface area contributed by atoms with E-state index in [4.69, 9.17) is 11.1 Å². The standard InChI is InChI=1S/C28H25N3O/c29-28(30)17-10-13-24-23(15-17)26-18-6-2-1-5-16(18)9-11-22(26)27(31-24)21-12-14-25(32)20-8-4-3-7-19(20)21/h1-8,10,12-15,22,26-27,31-32H,9,11H2,(H3,29,30). The molecular weight excluding hydrogens is 394 g/mol. The maximum Gasteiger partial charge on any atom is 0.123 e. The van der Waals surface area contributed by atoms with Crippen molar-refractivity contribution < 1.29 is 5.11 Å². The molecule has 4 heteroatoms. The Morgan fingerprint density at radius 2 is 1.66 bits per heavy atom. The number of nitrogens with two attached hydrogens (primary N) is 1. The van der Waals surface area contributed by atoms with Crippen molar-refractivity contribution in [2.75, 3.05) is 5.32 Å². The number of nitrogens with one attached hydrogen (secondary N) is 2. The number of phenols is 1. The molecule has 158 valence electrons. The van der Waals surface area contributed by atoms with Crippen molar-refractivity contribution in [3.63, 3.8) is 0 Å². The van der Waals surface area contributed by atoms with E-state index in [1.165, 1.54) is 22.3 Å². The van der Waals surface area contributed by atoms with Gasteiger partial charge in [0.2, 0.25) is 0 Å². The summed E-state index contributed by atoms with van der Waals surface area (Å²) in [6.45, 7) is 0. The van der Waals surface area contributed by atoms with Crippen LogP contribution in [0.1, 0.15) is 46.2 Å². The first-order valence-corrected chi connectivity index (χ1v) is 11.1. The lowest BCUT2D eigenvalue weighted by Crippen LogP contribution is -2.35. The third kappa shape index (κ3) is 2.79. The van der Waals surface area contributed by atoms with Crippen molar-refractivity contribution >= 4 is 22.3 Å². The third-order valence-electron chi connectivity index (χ3n) is 7.27. The second-order valence-corrected chi connectivity index (χ2v) is 8.94. The van der Waals surface area contributed by atoms with Crippen LogP contribution in [0.25, 0.3) is 10.8 Å². The summed E-state index contributed by atoms with van der Waals surface area (Å²) >= 11 is 0. The van der Waals surface area contributed by atoms with Gasteiger partial charge in [-0.1, -0.05) is 54.6 Å². The van der Waals surface area contributed by atoms with Gasteiger partial charge in [0.15, 0.2) is 0 Å². The lowest BCUT2D eigenvalue weighted by molar-refractivity contribution is 0.349. The van der Waals surface area contributed by atoms with Crippen molar-refractivity contribution in [1.29, 1.82) is 5.41 Å². The molecule has 0 spiro atoms. The van der Waals surface area contributed by atoms with Crippen LogP contribution in [0.15, 0.2) is 78.9 Å². The van der Waals surface area contributed by atoms with E-state index >= 15 is 0 Å². The predicted molar refractivity (Wildman–Crippen MR) is 130 cm³/mol. The molecule has 1 aliphatic carbocycles. The molecule has 4 nitrogen and oxygen atoms in total. The van der Waals surface area contributed by atoms with Crippen molar-refractivity contribution in [2.45, 2.75) is 24.8 Å². The average Bonchev–Trinajstić information content (AvgIpc) is 2.83. The lowest BCUT2D eigenvalue weighted by atomic mass is 9.65. The van der Waals surface area contributed by atoms with Crippen LogP contribution in [0.5, 0.6) is 5.75 Å². The van der Waals surface area contributed by atoms with Gasteiger partial charge in [-0.2, -0.15) is 0 Å². The van der Waals surface area contributed by atoms with Crippen LogP contribution in [-0.2, 0) is 6.42 Å². The Balaban J connectivity index is 1.58. The summed E-state index contributed by atoms with van der Waals surface area (Å²) in [6.07, 6.45) is 2.12. The van der Waals surface area contributed by atoms with Gasteiger partial charge < -0.3 is 16.2 Å².